The van der Waals surface area contributed by atoms with Crippen LogP contribution in [0.1, 0.15) is 0 Å². The molecule has 0 saturated heterocycles. The molecular formula is C4HF12KO4S. The second kappa shape index (κ2) is 8.67. The summed E-state index contributed by atoms with van der Waals surface area (Å²) >= 11 is 0. The number of hydrogen-bond acceptors (Lipinski definition) is 4. The van der Waals surface area contributed by atoms with Gasteiger partial charge in [-0.1, -0.05) is 0 Å². The molecule has 0 rings (SSSR count). The molecule has 0 atom stereocenters. The van der Waals surface area contributed by atoms with Crippen LogP contribution in [0.4, 0.5) is 53.0 Å². The molecule has 0 fully saturated rings. The van der Waals surface area contributed by atoms with Gasteiger partial charge in [0.05, 0.1) is 0 Å². The summed E-state index contributed by atoms with van der Waals surface area (Å²) in [6.45, 7) is 0. The van der Waals surface area contributed by atoms with Gasteiger partial charge in [0, 0.05) is 0 Å². The first-order valence-electron chi connectivity index (χ1n) is 3.62. The van der Waals surface area contributed by atoms with Crippen LogP contribution in [0.25, 0.3) is 0 Å². The molecule has 132 valence electrons. The third kappa shape index (κ3) is 7.05. The summed E-state index contributed by atoms with van der Waals surface area (Å²) in [6, 6.07) is 0. The normalized spacial score (nSPS) is 13.8. The van der Waals surface area contributed by atoms with Crippen LogP contribution in [0, 0.1) is 0 Å². The minimum absolute atomic E-state index is 0. The fraction of sp³-hybridized carbons (Fsp3) is 1.00. The summed E-state index contributed by atoms with van der Waals surface area (Å²) < 4.78 is 156. The van der Waals surface area contributed by atoms with Gasteiger partial charge in [-0.05, 0) is 17.8 Å². The molecule has 4 nitrogen and oxygen atoms in total. The van der Waals surface area contributed by atoms with Crippen molar-refractivity contribution in [2.45, 2.75) is 24.2 Å². The molecule has 0 aliphatic rings. The third-order valence-corrected chi connectivity index (χ3v) is 1.57. The van der Waals surface area contributed by atoms with Crippen LogP contribution >= 0.6 is 0 Å². The van der Waals surface area contributed by atoms with E-state index in [2.05, 4.69) is 0 Å². The molecule has 0 saturated carbocycles. The van der Waals surface area contributed by atoms with Crippen LogP contribution in [-0.2, 0) is 19.2 Å². The molecule has 0 aromatic rings. The van der Waals surface area contributed by atoms with Crippen molar-refractivity contribution >= 4 is 61.8 Å². The molecule has 0 unspecified atom stereocenters. The monoisotopic (exact) mass is 412 g/mol. The van der Waals surface area contributed by atoms with Crippen molar-refractivity contribution in [2.75, 3.05) is 0 Å². The van der Waals surface area contributed by atoms with Crippen LogP contribution in [0.3, 0.4) is 0 Å². The Kier molecular flexibility index (Phi) is 10.8. The molecule has 0 aromatic heterocycles. The van der Waals surface area contributed by atoms with E-state index >= 15 is 0 Å². The van der Waals surface area contributed by atoms with Gasteiger partial charge in [-0.15, -0.1) is 0 Å². The van der Waals surface area contributed by atoms with Crippen molar-refractivity contribution in [1.29, 1.82) is 0 Å². The first kappa shape index (κ1) is 27.5. The molecular weight excluding hydrogens is 411 g/mol. The maximum absolute atomic E-state index is 11.6. The molecule has 0 N–H and O–H groups in total. The summed E-state index contributed by atoms with van der Waals surface area (Å²) in [5, 5.41) is 0. The zero-order valence-electron chi connectivity index (χ0n) is 8.58. The molecule has 0 radical (unpaired) electrons. The van der Waals surface area contributed by atoms with E-state index in [1.807, 2.05) is 8.78 Å². The van der Waals surface area contributed by atoms with Crippen molar-refractivity contribution in [3.63, 3.8) is 0 Å². The first-order chi connectivity index (χ1) is 8.87. The Balaban J connectivity index is -0.000000385. The van der Waals surface area contributed by atoms with Gasteiger partial charge in [-0.25, -0.2) is 0 Å². The van der Waals surface area contributed by atoms with Gasteiger partial charge in [0.15, 0.2) is 0 Å². The molecule has 22 heavy (non-hydrogen) atoms. The maximum atomic E-state index is 11.6. The zero-order chi connectivity index (χ0) is 17.9. The molecule has 0 bridgehead atoms. The van der Waals surface area contributed by atoms with Crippen LogP contribution in [0.2, 0.25) is 0 Å². The van der Waals surface area contributed by atoms with Gasteiger partial charge >= 0.3 is 86.0 Å². The van der Waals surface area contributed by atoms with Gasteiger partial charge in [0.1, 0.15) is 0 Å². The quantitative estimate of drug-likeness (QED) is 0.529. The Bertz CT molecular complexity index is 391. The summed E-state index contributed by atoms with van der Waals surface area (Å²) in [6.07, 6.45) is -13.9. The topological polar surface area (TPSA) is 52.6 Å². The van der Waals surface area contributed by atoms with Gasteiger partial charge in [-0.2, -0.15) is 52.3 Å². The molecule has 18 heteroatoms. The predicted octanol–water partition coefficient (Wildman–Crippen LogP) is 2.77. The van der Waals surface area contributed by atoms with Gasteiger partial charge in [-0.3, -0.25) is 0 Å². The number of alkyl halides is 10. The molecule has 0 aromatic carbocycles. The standard InChI is InChI=1S/C4F10.F2O4S.K.H/c5-1(6,3(9,10)11)2(7,8)4(12,13)14;1-5-7(3,4)6-2;;. The number of halogens is 12. The average Bonchev–Trinajstić information content (AvgIpc) is 2.26. The van der Waals surface area contributed by atoms with E-state index in [0.29, 0.717) is 0 Å². The van der Waals surface area contributed by atoms with Gasteiger partial charge in [0.2, 0.25) is 0 Å². The van der Waals surface area contributed by atoms with Crippen LogP contribution in [0.5, 0.6) is 0 Å². The number of hydrogen-bond donors (Lipinski definition) is 0. The van der Waals surface area contributed by atoms with Crippen LogP contribution in [0.15, 0.2) is 0 Å². The first-order valence-corrected chi connectivity index (χ1v) is 4.95. The molecule has 0 aliphatic heterocycles. The fourth-order valence-corrected chi connectivity index (χ4v) is 0.385. The number of rotatable bonds is 3. The average molecular weight is 412 g/mol. The van der Waals surface area contributed by atoms with E-state index in [1.165, 1.54) is 0 Å². The molecule has 0 heterocycles. The molecule has 0 aliphatic carbocycles. The second-order valence-electron chi connectivity index (χ2n) is 2.68. The van der Waals surface area contributed by atoms with E-state index in [4.69, 9.17) is 0 Å². The van der Waals surface area contributed by atoms with Gasteiger partial charge in [0.25, 0.3) is 0 Å². The SMILES string of the molecule is FC(F)(F)C(F)(F)C(F)(F)C(F)(F)F.O=S(=O)(OF)OF.[KH]. The summed E-state index contributed by atoms with van der Waals surface area (Å²) in [7, 11) is -4.99. The Labute approximate surface area is 155 Å². The van der Waals surface area contributed by atoms with Crippen molar-refractivity contribution in [3.05, 3.63) is 0 Å². The van der Waals surface area contributed by atoms with Crippen LogP contribution < -0.4 is 0 Å². The van der Waals surface area contributed by atoms with Gasteiger partial charge < -0.3 is 0 Å². The van der Waals surface area contributed by atoms with Crippen molar-refractivity contribution in [2.24, 2.45) is 0 Å². The Morgan fingerprint density at radius 2 is 0.773 bits per heavy atom. The van der Waals surface area contributed by atoms with Crippen LogP contribution in [-0.4, -0.2) is 84.0 Å². The molecule has 0 spiro atoms. The Morgan fingerprint density at radius 3 is 0.818 bits per heavy atom. The summed E-state index contributed by atoms with van der Waals surface area (Å²) in [5.41, 5.74) is 0. The summed E-state index contributed by atoms with van der Waals surface area (Å²) in [4.78, 5) is 0. The summed E-state index contributed by atoms with van der Waals surface area (Å²) in [5.74, 6) is -14.3. The van der Waals surface area contributed by atoms with E-state index in [-0.39, 0.29) is 51.4 Å². The van der Waals surface area contributed by atoms with E-state index < -0.39 is 34.6 Å². The van der Waals surface area contributed by atoms with E-state index in [1.54, 1.807) is 0 Å². The second-order valence-corrected chi connectivity index (χ2v) is 3.75. The fourth-order valence-electron chi connectivity index (χ4n) is 0.366. The third-order valence-electron chi connectivity index (χ3n) is 1.26. The van der Waals surface area contributed by atoms with E-state index in [0.717, 1.165) is 0 Å². The Hall–Kier alpha value is 0.666. The minimum atomic E-state index is -7.14. The van der Waals surface area contributed by atoms with E-state index in [9.17, 15) is 61.4 Å². The zero-order valence-corrected chi connectivity index (χ0v) is 9.39. The Morgan fingerprint density at radius 1 is 0.591 bits per heavy atom. The predicted molar refractivity (Wildman–Crippen MR) is 42.5 cm³/mol. The van der Waals surface area contributed by atoms with Crippen molar-refractivity contribution in [3.8, 4) is 0 Å². The van der Waals surface area contributed by atoms with Crippen molar-refractivity contribution in [1.82, 2.24) is 0 Å². The van der Waals surface area contributed by atoms with Crippen molar-refractivity contribution < 1.29 is 70.1 Å². The molecule has 0 amide bonds.